The SMILES string of the molecule is CC(C)(C)NC(=O)C(Cc1ccncc1)c1ccc(Cl)cc1. The highest BCUT2D eigenvalue weighted by atomic mass is 35.5. The number of halogens is 1. The standard InChI is InChI=1S/C18H21ClN2O/c1-18(2,3)21-17(22)16(12-13-8-10-20-11-9-13)14-4-6-15(19)7-5-14/h4-11,16H,12H2,1-3H3,(H,21,22). The summed E-state index contributed by atoms with van der Waals surface area (Å²) in [5, 5.41) is 3.73. The molecule has 1 atom stereocenters. The molecule has 0 saturated heterocycles. The number of carbonyl (C=O) groups excluding carboxylic acids is 1. The fourth-order valence-electron chi connectivity index (χ4n) is 2.27. The molecule has 1 heterocycles. The lowest BCUT2D eigenvalue weighted by Crippen LogP contribution is -2.43. The van der Waals surface area contributed by atoms with Gasteiger partial charge in [-0.25, -0.2) is 0 Å². The molecule has 0 radical (unpaired) electrons. The number of nitrogens with one attached hydrogen (secondary N) is 1. The number of aromatic nitrogens is 1. The lowest BCUT2D eigenvalue weighted by Gasteiger charge is -2.25. The van der Waals surface area contributed by atoms with Gasteiger partial charge in [0, 0.05) is 23.0 Å². The van der Waals surface area contributed by atoms with Crippen molar-refractivity contribution in [1.82, 2.24) is 10.3 Å². The average molecular weight is 317 g/mol. The number of hydrogen-bond acceptors (Lipinski definition) is 2. The van der Waals surface area contributed by atoms with Crippen molar-refractivity contribution in [3.8, 4) is 0 Å². The summed E-state index contributed by atoms with van der Waals surface area (Å²) in [5.74, 6) is -0.231. The third-order valence-electron chi connectivity index (χ3n) is 3.28. The molecule has 1 aromatic carbocycles. The number of pyridine rings is 1. The second-order valence-corrected chi connectivity index (χ2v) is 6.84. The minimum atomic E-state index is -0.264. The molecule has 0 fully saturated rings. The van der Waals surface area contributed by atoms with Gasteiger partial charge in [0.15, 0.2) is 0 Å². The molecule has 0 aliphatic rings. The van der Waals surface area contributed by atoms with Gasteiger partial charge in [-0.1, -0.05) is 23.7 Å². The maximum atomic E-state index is 12.7. The lowest BCUT2D eigenvalue weighted by molar-refractivity contribution is -0.124. The predicted molar refractivity (Wildman–Crippen MR) is 90.0 cm³/mol. The van der Waals surface area contributed by atoms with Crippen LogP contribution in [0.15, 0.2) is 48.8 Å². The summed E-state index contributed by atoms with van der Waals surface area (Å²) in [7, 11) is 0. The largest absolute Gasteiger partial charge is 0.351 e. The highest BCUT2D eigenvalue weighted by molar-refractivity contribution is 6.30. The van der Waals surface area contributed by atoms with Gasteiger partial charge < -0.3 is 5.32 Å². The van der Waals surface area contributed by atoms with E-state index >= 15 is 0 Å². The number of benzene rings is 1. The van der Waals surface area contributed by atoms with E-state index in [9.17, 15) is 4.79 Å². The summed E-state index contributed by atoms with van der Waals surface area (Å²) in [5.41, 5.74) is 1.78. The molecular formula is C18H21ClN2O. The fourth-order valence-corrected chi connectivity index (χ4v) is 2.39. The zero-order valence-electron chi connectivity index (χ0n) is 13.1. The fraction of sp³-hybridized carbons (Fsp3) is 0.333. The van der Waals surface area contributed by atoms with Crippen molar-refractivity contribution in [2.45, 2.75) is 38.6 Å². The van der Waals surface area contributed by atoms with E-state index < -0.39 is 0 Å². The van der Waals surface area contributed by atoms with Crippen molar-refractivity contribution in [3.63, 3.8) is 0 Å². The first-order valence-corrected chi connectivity index (χ1v) is 7.69. The van der Waals surface area contributed by atoms with Gasteiger partial charge in [-0.05, 0) is 62.6 Å². The van der Waals surface area contributed by atoms with Crippen LogP contribution in [0.3, 0.4) is 0 Å². The molecule has 1 amide bonds. The molecule has 2 rings (SSSR count). The number of hydrogen-bond donors (Lipinski definition) is 1. The van der Waals surface area contributed by atoms with E-state index in [2.05, 4.69) is 10.3 Å². The van der Waals surface area contributed by atoms with E-state index in [0.717, 1.165) is 11.1 Å². The lowest BCUT2D eigenvalue weighted by atomic mass is 9.90. The molecule has 3 nitrogen and oxygen atoms in total. The normalized spacial score (nSPS) is 12.7. The van der Waals surface area contributed by atoms with Gasteiger partial charge in [0.1, 0.15) is 0 Å². The maximum Gasteiger partial charge on any atom is 0.228 e. The molecule has 1 aromatic heterocycles. The molecule has 1 unspecified atom stereocenters. The molecule has 22 heavy (non-hydrogen) atoms. The molecule has 0 spiro atoms. The van der Waals surface area contributed by atoms with Crippen molar-refractivity contribution in [1.29, 1.82) is 0 Å². The van der Waals surface area contributed by atoms with Gasteiger partial charge in [0.25, 0.3) is 0 Å². The predicted octanol–water partition coefficient (Wildman–Crippen LogP) is 3.98. The Hall–Kier alpha value is -1.87. The highest BCUT2D eigenvalue weighted by Crippen LogP contribution is 2.23. The summed E-state index contributed by atoms with van der Waals surface area (Å²) in [4.78, 5) is 16.7. The van der Waals surface area contributed by atoms with Gasteiger partial charge in [-0.3, -0.25) is 9.78 Å². The number of amides is 1. The first-order chi connectivity index (χ1) is 10.3. The Morgan fingerprint density at radius 3 is 2.27 bits per heavy atom. The second kappa shape index (κ2) is 6.93. The van der Waals surface area contributed by atoms with E-state index in [-0.39, 0.29) is 17.4 Å². The van der Waals surface area contributed by atoms with E-state index in [1.54, 1.807) is 12.4 Å². The quantitative estimate of drug-likeness (QED) is 0.927. The monoisotopic (exact) mass is 316 g/mol. The molecule has 0 aliphatic heterocycles. The highest BCUT2D eigenvalue weighted by Gasteiger charge is 2.24. The summed E-state index contributed by atoms with van der Waals surface area (Å²) >= 11 is 5.95. The molecule has 0 bridgehead atoms. The maximum absolute atomic E-state index is 12.7. The van der Waals surface area contributed by atoms with Crippen LogP contribution in [-0.2, 0) is 11.2 Å². The van der Waals surface area contributed by atoms with Crippen LogP contribution in [0.5, 0.6) is 0 Å². The van der Waals surface area contributed by atoms with E-state index in [1.807, 2.05) is 57.2 Å². The molecule has 4 heteroatoms. The molecule has 0 aliphatic carbocycles. The van der Waals surface area contributed by atoms with Crippen LogP contribution in [0.4, 0.5) is 0 Å². The smallest absolute Gasteiger partial charge is 0.228 e. The van der Waals surface area contributed by atoms with Crippen LogP contribution in [0, 0.1) is 0 Å². The topological polar surface area (TPSA) is 42.0 Å². The van der Waals surface area contributed by atoms with Crippen molar-refractivity contribution in [2.75, 3.05) is 0 Å². The average Bonchev–Trinajstić information content (AvgIpc) is 2.45. The summed E-state index contributed by atoms with van der Waals surface area (Å²) in [6, 6.07) is 11.3. The van der Waals surface area contributed by atoms with E-state index in [0.29, 0.717) is 11.4 Å². The van der Waals surface area contributed by atoms with Crippen molar-refractivity contribution >= 4 is 17.5 Å². The summed E-state index contributed by atoms with van der Waals surface area (Å²) in [6.07, 6.45) is 4.12. The van der Waals surface area contributed by atoms with Crippen molar-refractivity contribution in [2.24, 2.45) is 0 Å². The third kappa shape index (κ3) is 4.85. The molecular weight excluding hydrogens is 296 g/mol. The molecule has 2 aromatic rings. The van der Waals surface area contributed by atoms with Crippen LogP contribution < -0.4 is 5.32 Å². The Balaban J connectivity index is 2.27. The Bertz CT molecular complexity index is 618. The minimum Gasteiger partial charge on any atom is -0.351 e. The zero-order chi connectivity index (χ0) is 16.2. The van der Waals surface area contributed by atoms with Gasteiger partial charge in [0.05, 0.1) is 5.92 Å². The number of carbonyl (C=O) groups is 1. The van der Waals surface area contributed by atoms with Gasteiger partial charge >= 0.3 is 0 Å². The molecule has 1 N–H and O–H groups in total. The van der Waals surface area contributed by atoms with Gasteiger partial charge in [-0.15, -0.1) is 0 Å². The van der Waals surface area contributed by atoms with E-state index in [1.165, 1.54) is 0 Å². The Labute approximate surface area is 136 Å². The first-order valence-electron chi connectivity index (χ1n) is 7.31. The van der Waals surface area contributed by atoms with Crippen LogP contribution in [-0.4, -0.2) is 16.4 Å². The van der Waals surface area contributed by atoms with Gasteiger partial charge in [0.2, 0.25) is 5.91 Å². The Kier molecular flexibility index (Phi) is 5.19. The summed E-state index contributed by atoms with van der Waals surface area (Å²) in [6.45, 7) is 5.95. The number of rotatable bonds is 4. The van der Waals surface area contributed by atoms with Crippen LogP contribution in [0.25, 0.3) is 0 Å². The van der Waals surface area contributed by atoms with Crippen LogP contribution in [0.2, 0.25) is 5.02 Å². The second-order valence-electron chi connectivity index (χ2n) is 6.40. The Morgan fingerprint density at radius 1 is 1.14 bits per heavy atom. The number of nitrogens with zero attached hydrogens (tertiary/aromatic N) is 1. The summed E-state index contributed by atoms with van der Waals surface area (Å²) < 4.78 is 0. The first kappa shape index (κ1) is 16.5. The third-order valence-corrected chi connectivity index (χ3v) is 3.53. The van der Waals surface area contributed by atoms with Crippen LogP contribution in [0.1, 0.15) is 37.8 Å². The van der Waals surface area contributed by atoms with Crippen LogP contribution >= 0.6 is 11.6 Å². The van der Waals surface area contributed by atoms with Gasteiger partial charge in [-0.2, -0.15) is 0 Å². The van der Waals surface area contributed by atoms with Crippen molar-refractivity contribution in [3.05, 3.63) is 64.9 Å². The Morgan fingerprint density at radius 2 is 1.73 bits per heavy atom. The molecule has 116 valence electrons. The van der Waals surface area contributed by atoms with E-state index in [4.69, 9.17) is 11.6 Å². The minimum absolute atomic E-state index is 0.0200. The zero-order valence-corrected chi connectivity index (χ0v) is 13.9. The van der Waals surface area contributed by atoms with Crippen molar-refractivity contribution < 1.29 is 4.79 Å². The molecule has 0 saturated carbocycles.